The largest absolute Gasteiger partial charge is 0.338 e. The van der Waals surface area contributed by atoms with Crippen molar-refractivity contribution >= 4 is 11.8 Å². The molecular weight excluding hydrogens is 384 g/mol. The molecule has 1 aliphatic carbocycles. The molecule has 1 fully saturated rings. The van der Waals surface area contributed by atoms with E-state index in [4.69, 9.17) is 4.52 Å². The molecular formula is C21H20N6OS. The van der Waals surface area contributed by atoms with E-state index >= 15 is 0 Å². The minimum Gasteiger partial charge on any atom is -0.338 e. The van der Waals surface area contributed by atoms with Gasteiger partial charge in [0.1, 0.15) is 0 Å². The zero-order valence-electron chi connectivity index (χ0n) is 16.0. The molecule has 146 valence electrons. The van der Waals surface area contributed by atoms with Gasteiger partial charge in [-0.3, -0.25) is 9.55 Å². The molecule has 1 aliphatic rings. The van der Waals surface area contributed by atoms with Gasteiger partial charge in [0.15, 0.2) is 11.0 Å². The first-order valence-electron chi connectivity index (χ1n) is 9.72. The number of rotatable bonds is 7. The number of hydrogen-bond donors (Lipinski definition) is 0. The molecule has 3 heterocycles. The van der Waals surface area contributed by atoms with Crippen LogP contribution in [0.25, 0.3) is 22.8 Å². The minimum absolute atomic E-state index is 0.457. The maximum absolute atomic E-state index is 5.46. The SMILES string of the molecule is CCc1ccc(-c2noc(CSc3nnc(-c4cccnc4)n3C3CC3)n2)cc1. The number of pyridine rings is 1. The van der Waals surface area contributed by atoms with Crippen molar-refractivity contribution in [2.45, 2.75) is 43.1 Å². The van der Waals surface area contributed by atoms with Crippen LogP contribution in [0.5, 0.6) is 0 Å². The molecule has 7 nitrogen and oxygen atoms in total. The Morgan fingerprint density at radius 2 is 1.97 bits per heavy atom. The second-order valence-corrected chi connectivity index (χ2v) is 7.94. The van der Waals surface area contributed by atoms with Gasteiger partial charge in [0, 0.05) is 29.6 Å². The van der Waals surface area contributed by atoms with Crippen LogP contribution in [0.3, 0.4) is 0 Å². The molecule has 0 spiro atoms. The molecule has 1 saturated carbocycles. The molecule has 0 N–H and O–H groups in total. The van der Waals surface area contributed by atoms with Gasteiger partial charge >= 0.3 is 0 Å². The predicted molar refractivity (Wildman–Crippen MR) is 110 cm³/mol. The zero-order valence-corrected chi connectivity index (χ0v) is 16.8. The molecule has 29 heavy (non-hydrogen) atoms. The van der Waals surface area contributed by atoms with Crippen molar-refractivity contribution in [1.29, 1.82) is 0 Å². The van der Waals surface area contributed by atoms with E-state index in [9.17, 15) is 0 Å². The van der Waals surface area contributed by atoms with E-state index in [0.717, 1.165) is 41.4 Å². The predicted octanol–water partition coefficient (Wildman–Crippen LogP) is 4.58. The Morgan fingerprint density at radius 3 is 2.69 bits per heavy atom. The van der Waals surface area contributed by atoms with Crippen molar-refractivity contribution in [2.24, 2.45) is 0 Å². The Kier molecular flexibility index (Phi) is 4.85. The van der Waals surface area contributed by atoms with Crippen LogP contribution in [0.1, 0.15) is 37.3 Å². The highest BCUT2D eigenvalue weighted by Crippen LogP contribution is 2.41. The summed E-state index contributed by atoms with van der Waals surface area (Å²) in [4.78, 5) is 8.75. The maximum atomic E-state index is 5.46. The lowest BCUT2D eigenvalue weighted by molar-refractivity contribution is 0.391. The summed E-state index contributed by atoms with van der Waals surface area (Å²) in [7, 11) is 0. The lowest BCUT2D eigenvalue weighted by Crippen LogP contribution is -2.00. The summed E-state index contributed by atoms with van der Waals surface area (Å²) in [5.41, 5.74) is 3.23. The van der Waals surface area contributed by atoms with Crippen LogP contribution in [0.15, 0.2) is 58.5 Å². The van der Waals surface area contributed by atoms with Crippen molar-refractivity contribution in [3.8, 4) is 22.8 Å². The number of aryl methyl sites for hydroxylation is 1. The summed E-state index contributed by atoms with van der Waals surface area (Å²) < 4.78 is 7.67. The Hall–Kier alpha value is -3.00. The monoisotopic (exact) mass is 404 g/mol. The Morgan fingerprint density at radius 1 is 1.10 bits per heavy atom. The van der Waals surface area contributed by atoms with Gasteiger partial charge in [-0.2, -0.15) is 4.98 Å². The van der Waals surface area contributed by atoms with Crippen molar-refractivity contribution in [1.82, 2.24) is 29.9 Å². The zero-order chi connectivity index (χ0) is 19.6. The molecule has 0 saturated heterocycles. The van der Waals surface area contributed by atoms with Gasteiger partial charge in [0.2, 0.25) is 11.7 Å². The molecule has 0 radical (unpaired) electrons. The lowest BCUT2D eigenvalue weighted by atomic mass is 10.1. The topological polar surface area (TPSA) is 82.5 Å². The van der Waals surface area contributed by atoms with Crippen LogP contribution >= 0.6 is 11.8 Å². The van der Waals surface area contributed by atoms with Gasteiger partial charge < -0.3 is 4.52 Å². The maximum Gasteiger partial charge on any atom is 0.237 e. The number of nitrogens with zero attached hydrogens (tertiary/aromatic N) is 6. The highest BCUT2D eigenvalue weighted by molar-refractivity contribution is 7.98. The van der Waals surface area contributed by atoms with Crippen LogP contribution in [-0.2, 0) is 12.2 Å². The molecule has 4 aromatic rings. The van der Waals surface area contributed by atoms with E-state index in [-0.39, 0.29) is 0 Å². The molecule has 1 aromatic carbocycles. The molecule has 0 bridgehead atoms. The fourth-order valence-electron chi connectivity index (χ4n) is 3.18. The summed E-state index contributed by atoms with van der Waals surface area (Å²) in [6, 6.07) is 12.6. The van der Waals surface area contributed by atoms with E-state index in [1.807, 2.05) is 30.5 Å². The Bertz CT molecular complexity index is 1100. The van der Waals surface area contributed by atoms with Gasteiger partial charge in [-0.25, -0.2) is 0 Å². The number of benzene rings is 1. The smallest absolute Gasteiger partial charge is 0.237 e. The number of thioether (sulfide) groups is 1. The second kappa shape index (κ2) is 7.79. The van der Waals surface area contributed by atoms with Gasteiger partial charge in [-0.15, -0.1) is 10.2 Å². The summed E-state index contributed by atoms with van der Waals surface area (Å²) in [6.07, 6.45) is 6.90. The molecule has 3 aromatic heterocycles. The Balaban J connectivity index is 1.33. The molecule has 0 unspecified atom stereocenters. The third-order valence-electron chi connectivity index (χ3n) is 4.91. The van der Waals surface area contributed by atoms with E-state index in [0.29, 0.717) is 23.5 Å². The van der Waals surface area contributed by atoms with Crippen molar-refractivity contribution in [3.63, 3.8) is 0 Å². The first-order chi connectivity index (χ1) is 14.3. The van der Waals surface area contributed by atoms with Crippen molar-refractivity contribution in [3.05, 3.63) is 60.2 Å². The highest BCUT2D eigenvalue weighted by atomic mass is 32.2. The molecule has 5 rings (SSSR count). The third-order valence-corrected chi connectivity index (χ3v) is 5.84. The van der Waals surface area contributed by atoms with Crippen molar-refractivity contribution < 1.29 is 4.52 Å². The summed E-state index contributed by atoms with van der Waals surface area (Å²) in [5.74, 6) is 2.61. The molecule has 8 heteroatoms. The van der Waals surface area contributed by atoms with Crippen LogP contribution < -0.4 is 0 Å². The van der Waals surface area contributed by atoms with Crippen molar-refractivity contribution in [2.75, 3.05) is 0 Å². The van der Waals surface area contributed by atoms with E-state index in [1.165, 1.54) is 5.56 Å². The molecule has 0 atom stereocenters. The van der Waals surface area contributed by atoms with Crippen LogP contribution in [0.4, 0.5) is 0 Å². The average molecular weight is 404 g/mol. The summed E-state index contributed by atoms with van der Waals surface area (Å²) >= 11 is 1.57. The van der Waals surface area contributed by atoms with E-state index in [2.05, 4.69) is 48.9 Å². The first-order valence-corrected chi connectivity index (χ1v) is 10.7. The normalized spacial score (nSPS) is 13.7. The van der Waals surface area contributed by atoms with Crippen LogP contribution in [-0.4, -0.2) is 29.9 Å². The minimum atomic E-state index is 0.457. The highest BCUT2D eigenvalue weighted by Gasteiger charge is 2.30. The number of aromatic nitrogens is 6. The fraction of sp³-hybridized carbons (Fsp3) is 0.286. The average Bonchev–Trinajstić information content (AvgIpc) is 3.35. The third kappa shape index (κ3) is 3.80. The van der Waals surface area contributed by atoms with Crippen LogP contribution in [0.2, 0.25) is 0 Å². The Labute approximate surface area is 172 Å². The number of hydrogen-bond acceptors (Lipinski definition) is 7. The van der Waals surface area contributed by atoms with Gasteiger partial charge in [0.05, 0.1) is 5.75 Å². The van der Waals surface area contributed by atoms with Gasteiger partial charge in [-0.05, 0) is 37.0 Å². The second-order valence-electron chi connectivity index (χ2n) is 7.00. The van der Waals surface area contributed by atoms with Gasteiger partial charge in [0.25, 0.3) is 0 Å². The first kappa shape index (κ1) is 18.1. The lowest BCUT2D eigenvalue weighted by Gasteiger charge is -2.07. The quantitative estimate of drug-likeness (QED) is 0.417. The summed E-state index contributed by atoms with van der Waals surface area (Å²) in [5, 5.41) is 13.8. The molecule has 0 amide bonds. The van der Waals surface area contributed by atoms with Gasteiger partial charge in [-0.1, -0.05) is 48.1 Å². The van der Waals surface area contributed by atoms with Crippen LogP contribution in [0, 0.1) is 0 Å². The summed E-state index contributed by atoms with van der Waals surface area (Å²) in [6.45, 7) is 2.14. The van der Waals surface area contributed by atoms with E-state index < -0.39 is 0 Å². The van der Waals surface area contributed by atoms with E-state index in [1.54, 1.807) is 18.0 Å². The molecule has 0 aliphatic heterocycles. The standard InChI is InChI=1S/C21H20N6OS/c1-2-14-5-7-15(8-6-14)19-23-18(28-26-19)13-29-21-25-24-20(27(21)17-9-10-17)16-4-3-11-22-12-16/h3-8,11-12,17H,2,9-10,13H2,1H3. The fourth-order valence-corrected chi connectivity index (χ4v) is 4.02.